The van der Waals surface area contributed by atoms with Crippen molar-refractivity contribution in [3.63, 3.8) is 0 Å². The molecular weight excluding hydrogens is 348 g/mol. The fraction of sp³-hybridized carbons (Fsp3) is 0.417. The second-order valence-corrected chi connectivity index (χ2v) is 6.40. The molecule has 0 aliphatic heterocycles. The van der Waals surface area contributed by atoms with Gasteiger partial charge in [0.05, 0.1) is 28.7 Å². The summed E-state index contributed by atoms with van der Waals surface area (Å²) in [5, 5.41) is 2.55. The van der Waals surface area contributed by atoms with Crippen molar-refractivity contribution in [2.45, 2.75) is 6.42 Å². The van der Waals surface area contributed by atoms with Gasteiger partial charge in [-0.25, -0.2) is 0 Å². The Hall–Kier alpha value is -1.41. The molecule has 0 saturated heterocycles. The topological polar surface area (TPSA) is 75.7 Å². The number of ether oxygens (including phenoxy) is 1. The maximum atomic E-state index is 12.0. The van der Waals surface area contributed by atoms with Gasteiger partial charge in [0.2, 0.25) is 5.91 Å². The van der Waals surface area contributed by atoms with Crippen molar-refractivity contribution in [1.82, 2.24) is 10.2 Å². The van der Waals surface area contributed by atoms with Crippen molar-refractivity contribution in [3.05, 3.63) is 20.8 Å². The number of hydrogen-bond acceptors (Lipinski definition) is 5. The smallest absolute Gasteiger partial charge is 0.307 e. The van der Waals surface area contributed by atoms with Gasteiger partial charge in [-0.1, -0.05) is 0 Å². The van der Waals surface area contributed by atoms with E-state index < -0.39 is 5.97 Å². The third-order valence-electron chi connectivity index (χ3n) is 2.39. The molecule has 0 bridgehead atoms. The number of halogens is 1. The van der Waals surface area contributed by atoms with Crippen LogP contribution in [-0.4, -0.2) is 49.9 Å². The zero-order valence-corrected chi connectivity index (χ0v) is 13.5. The lowest BCUT2D eigenvalue weighted by Crippen LogP contribution is -2.38. The number of hydrogen-bond donors (Lipinski definition) is 1. The summed E-state index contributed by atoms with van der Waals surface area (Å²) in [4.78, 5) is 36.3. The molecule has 20 heavy (non-hydrogen) atoms. The zero-order valence-electron chi connectivity index (χ0n) is 11.1. The molecule has 0 aromatic carbocycles. The summed E-state index contributed by atoms with van der Waals surface area (Å²) >= 11 is 4.59. The number of carbonyl (C=O) groups excluding carboxylic acids is 3. The fourth-order valence-corrected chi connectivity index (χ4v) is 2.75. The number of thiophene rings is 1. The Kier molecular flexibility index (Phi) is 6.66. The van der Waals surface area contributed by atoms with Crippen molar-refractivity contribution in [1.29, 1.82) is 0 Å². The van der Waals surface area contributed by atoms with Gasteiger partial charge in [-0.05, 0) is 28.1 Å². The number of methoxy groups -OCH3 is 1. The Morgan fingerprint density at radius 3 is 2.65 bits per heavy atom. The normalized spacial score (nSPS) is 9.95. The summed E-state index contributed by atoms with van der Waals surface area (Å²) in [6, 6.07) is 3.48. The highest BCUT2D eigenvalue weighted by Crippen LogP contribution is 2.22. The van der Waals surface area contributed by atoms with E-state index in [1.165, 1.54) is 23.3 Å². The summed E-state index contributed by atoms with van der Waals surface area (Å²) in [6.45, 7) is 0.133. The van der Waals surface area contributed by atoms with Gasteiger partial charge in [-0.2, -0.15) is 0 Å². The van der Waals surface area contributed by atoms with Crippen molar-refractivity contribution >= 4 is 45.1 Å². The van der Waals surface area contributed by atoms with Crippen LogP contribution in [0.15, 0.2) is 15.9 Å². The van der Waals surface area contributed by atoms with Gasteiger partial charge < -0.3 is 15.0 Å². The highest BCUT2D eigenvalue weighted by atomic mass is 79.9. The van der Waals surface area contributed by atoms with E-state index >= 15 is 0 Å². The molecule has 6 nitrogen and oxygen atoms in total. The van der Waals surface area contributed by atoms with Crippen molar-refractivity contribution in [2.75, 3.05) is 27.2 Å². The Balaban J connectivity index is 2.37. The van der Waals surface area contributed by atoms with Crippen LogP contribution < -0.4 is 5.32 Å². The first-order chi connectivity index (χ1) is 9.43. The average Bonchev–Trinajstić information content (AvgIpc) is 2.84. The molecule has 0 radical (unpaired) electrons. The second-order valence-electron chi connectivity index (χ2n) is 3.94. The molecule has 8 heteroatoms. The summed E-state index contributed by atoms with van der Waals surface area (Å²) in [5.74, 6) is -0.928. The molecule has 0 unspecified atom stereocenters. The standard InChI is InChI=1S/C12H15BrN2O4S/c1-15(12(18)8-3-4-9(13)20-8)7-10(16)14-6-5-11(17)19-2/h3-4H,5-7H2,1-2H3,(H,14,16). The van der Waals surface area contributed by atoms with Gasteiger partial charge in [-0.3, -0.25) is 14.4 Å². The number of carbonyl (C=O) groups is 3. The molecule has 110 valence electrons. The predicted octanol–water partition coefficient (Wildman–Crippen LogP) is 1.26. The number of likely N-dealkylation sites (N-methyl/N-ethyl adjacent to an activating group) is 1. The molecule has 0 aliphatic carbocycles. The number of amides is 2. The fourth-order valence-electron chi connectivity index (χ4n) is 1.37. The van der Waals surface area contributed by atoms with E-state index in [0.717, 1.165) is 3.79 Å². The highest BCUT2D eigenvalue weighted by molar-refractivity contribution is 9.11. The van der Waals surface area contributed by atoms with Crippen molar-refractivity contribution in [3.8, 4) is 0 Å². The Labute approximate surface area is 129 Å². The van der Waals surface area contributed by atoms with Crippen LogP contribution in [-0.2, 0) is 14.3 Å². The number of nitrogens with zero attached hydrogens (tertiary/aromatic N) is 1. The van der Waals surface area contributed by atoms with E-state index in [1.807, 2.05) is 0 Å². The lowest BCUT2D eigenvalue weighted by molar-refractivity contribution is -0.140. The maximum Gasteiger partial charge on any atom is 0.307 e. The van der Waals surface area contributed by atoms with Gasteiger partial charge >= 0.3 is 5.97 Å². The molecule has 1 aromatic rings. The summed E-state index contributed by atoms with van der Waals surface area (Å²) in [6.07, 6.45) is 0.109. The number of esters is 1. The molecule has 1 rings (SSSR count). The number of nitrogens with one attached hydrogen (secondary N) is 1. The van der Waals surface area contributed by atoms with E-state index in [0.29, 0.717) is 4.88 Å². The van der Waals surface area contributed by atoms with Gasteiger partial charge in [-0.15, -0.1) is 11.3 Å². The lowest BCUT2D eigenvalue weighted by atomic mass is 10.4. The first-order valence-corrected chi connectivity index (χ1v) is 7.39. The average molecular weight is 363 g/mol. The van der Waals surface area contributed by atoms with Crippen LogP contribution >= 0.6 is 27.3 Å². The zero-order chi connectivity index (χ0) is 15.1. The largest absolute Gasteiger partial charge is 0.469 e. The Morgan fingerprint density at radius 1 is 1.40 bits per heavy atom. The van der Waals surface area contributed by atoms with Crippen LogP contribution in [0.1, 0.15) is 16.1 Å². The lowest BCUT2D eigenvalue weighted by Gasteiger charge is -2.15. The van der Waals surface area contributed by atoms with E-state index in [4.69, 9.17) is 0 Å². The molecule has 1 N–H and O–H groups in total. The van der Waals surface area contributed by atoms with Gasteiger partial charge in [0.15, 0.2) is 0 Å². The summed E-state index contributed by atoms with van der Waals surface area (Å²) < 4.78 is 5.31. The molecule has 2 amide bonds. The predicted molar refractivity (Wildman–Crippen MR) is 78.6 cm³/mol. The summed E-state index contributed by atoms with van der Waals surface area (Å²) in [5.41, 5.74) is 0. The van der Waals surface area contributed by atoms with Crippen LogP contribution in [0.25, 0.3) is 0 Å². The first kappa shape index (κ1) is 16.6. The highest BCUT2D eigenvalue weighted by Gasteiger charge is 2.16. The van der Waals surface area contributed by atoms with Crippen LogP contribution in [0.5, 0.6) is 0 Å². The van der Waals surface area contributed by atoms with Crippen molar-refractivity contribution in [2.24, 2.45) is 0 Å². The molecule has 0 saturated carbocycles. The third kappa shape index (κ3) is 5.30. The van der Waals surface area contributed by atoms with Gasteiger partial charge in [0.1, 0.15) is 0 Å². The minimum absolute atomic E-state index is 0.0600. The molecule has 0 aliphatic rings. The molecule has 0 spiro atoms. The molecular formula is C12H15BrN2O4S. The van der Waals surface area contributed by atoms with Crippen LogP contribution in [0.4, 0.5) is 0 Å². The van der Waals surface area contributed by atoms with Gasteiger partial charge in [0, 0.05) is 13.6 Å². The van der Waals surface area contributed by atoms with E-state index in [1.54, 1.807) is 19.2 Å². The second kappa shape index (κ2) is 8.01. The van der Waals surface area contributed by atoms with E-state index in [9.17, 15) is 14.4 Å². The molecule has 1 aromatic heterocycles. The number of rotatable bonds is 6. The van der Waals surface area contributed by atoms with Gasteiger partial charge in [0.25, 0.3) is 5.91 Å². The summed E-state index contributed by atoms with van der Waals surface area (Å²) in [7, 11) is 2.84. The monoisotopic (exact) mass is 362 g/mol. The molecule has 0 atom stereocenters. The van der Waals surface area contributed by atoms with Crippen LogP contribution in [0, 0.1) is 0 Å². The minimum Gasteiger partial charge on any atom is -0.469 e. The maximum absolute atomic E-state index is 12.0. The molecule has 0 fully saturated rings. The van der Waals surface area contributed by atoms with E-state index in [2.05, 4.69) is 26.0 Å². The Morgan fingerprint density at radius 2 is 2.10 bits per heavy atom. The third-order valence-corrected chi connectivity index (χ3v) is 4.00. The Bertz CT molecular complexity index is 503. The molecule has 1 heterocycles. The minimum atomic E-state index is -0.391. The quantitative estimate of drug-likeness (QED) is 0.773. The van der Waals surface area contributed by atoms with Crippen LogP contribution in [0.3, 0.4) is 0 Å². The SMILES string of the molecule is COC(=O)CCNC(=O)CN(C)C(=O)c1ccc(Br)s1. The first-order valence-electron chi connectivity index (χ1n) is 5.78. The van der Waals surface area contributed by atoms with E-state index in [-0.39, 0.29) is 31.3 Å². The van der Waals surface area contributed by atoms with Crippen LogP contribution in [0.2, 0.25) is 0 Å². The van der Waals surface area contributed by atoms with Crippen molar-refractivity contribution < 1.29 is 19.1 Å².